The van der Waals surface area contributed by atoms with Gasteiger partial charge in [-0.1, -0.05) is 15.9 Å². The van der Waals surface area contributed by atoms with Crippen molar-refractivity contribution in [3.8, 4) is 0 Å². The number of Topliss-reactive ketones (excluding diaryl/α,β-unsaturated/α-hetero) is 1. The van der Waals surface area contributed by atoms with Crippen LogP contribution >= 0.6 is 15.9 Å². The van der Waals surface area contributed by atoms with Gasteiger partial charge >= 0.3 is 5.97 Å². The smallest absolute Gasteiger partial charge is 0.330 e. The summed E-state index contributed by atoms with van der Waals surface area (Å²) < 4.78 is 9.07. The lowest BCUT2D eigenvalue weighted by atomic mass is 10.1. The summed E-state index contributed by atoms with van der Waals surface area (Å²) in [5.74, 6) is -0.785. The number of rotatable bonds is 5. The number of hydrogen-bond donors (Lipinski definition) is 0. The van der Waals surface area contributed by atoms with E-state index in [2.05, 4.69) is 20.8 Å². The Labute approximate surface area is 110 Å². The van der Waals surface area contributed by atoms with E-state index in [-0.39, 0.29) is 5.78 Å². The zero-order chi connectivity index (χ0) is 12.9. The molecule has 0 bridgehead atoms. The molecule has 0 aromatic heterocycles. The first kappa shape index (κ1) is 14.6. The molecule has 1 saturated heterocycles. The van der Waals surface area contributed by atoms with Gasteiger partial charge in [-0.3, -0.25) is 14.5 Å². The molecule has 0 radical (unpaired) electrons. The van der Waals surface area contributed by atoms with E-state index in [1.165, 1.54) is 13.8 Å². The summed E-state index contributed by atoms with van der Waals surface area (Å²) in [5, 5.41) is 0. The number of morpholine rings is 1. The van der Waals surface area contributed by atoms with E-state index >= 15 is 0 Å². The molecule has 1 rings (SSSR count). The van der Waals surface area contributed by atoms with E-state index in [9.17, 15) is 9.59 Å². The van der Waals surface area contributed by atoms with Crippen LogP contribution in [-0.2, 0) is 19.1 Å². The van der Waals surface area contributed by atoms with E-state index in [0.717, 1.165) is 26.3 Å². The maximum atomic E-state index is 11.6. The van der Waals surface area contributed by atoms with Crippen LogP contribution in [-0.4, -0.2) is 60.4 Å². The Kier molecular flexibility index (Phi) is 5.55. The Morgan fingerprint density at radius 3 is 2.53 bits per heavy atom. The lowest BCUT2D eigenvalue weighted by molar-refractivity contribution is -0.149. The minimum atomic E-state index is -1.22. The van der Waals surface area contributed by atoms with Gasteiger partial charge in [-0.05, 0) is 13.8 Å². The van der Waals surface area contributed by atoms with Gasteiger partial charge in [0, 0.05) is 19.6 Å². The van der Waals surface area contributed by atoms with Gasteiger partial charge in [0.05, 0.1) is 13.2 Å². The summed E-state index contributed by atoms with van der Waals surface area (Å²) in [6, 6.07) is 0. The molecule has 1 unspecified atom stereocenters. The number of alkyl halides is 1. The molecule has 0 aliphatic carbocycles. The first-order valence-corrected chi connectivity index (χ1v) is 6.41. The second kappa shape index (κ2) is 6.47. The number of carbonyl (C=O) groups excluding carboxylic acids is 2. The summed E-state index contributed by atoms with van der Waals surface area (Å²) in [4.78, 5) is 25.0. The maximum absolute atomic E-state index is 11.6. The van der Waals surface area contributed by atoms with Crippen LogP contribution in [0.3, 0.4) is 0 Å². The van der Waals surface area contributed by atoms with Crippen LogP contribution in [0.4, 0.5) is 0 Å². The van der Waals surface area contributed by atoms with E-state index in [0.29, 0.717) is 13.2 Å². The van der Waals surface area contributed by atoms with Crippen molar-refractivity contribution < 1.29 is 19.1 Å². The maximum Gasteiger partial charge on any atom is 0.330 e. The summed E-state index contributed by atoms with van der Waals surface area (Å²) in [6.45, 7) is 6.99. The number of nitrogens with zero attached hydrogens (tertiary/aromatic N) is 1. The average Bonchev–Trinajstić information content (AvgIpc) is 2.30. The minimum Gasteiger partial charge on any atom is -0.463 e. The van der Waals surface area contributed by atoms with Crippen LogP contribution in [0, 0.1) is 0 Å². The van der Waals surface area contributed by atoms with Crippen LogP contribution in [0.15, 0.2) is 0 Å². The monoisotopic (exact) mass is 307 g/mol. The van der Waals surface area contributed by atoms with Crippen molar-refractivity contribution in [3.63, 3.8) is 0 Å². The third kappa shape index (κ3) is 4.37. The highest BCUT2D eigenvalue weighted by molar-refractivity contribution is 9.10. The van der Waals surface area contributed by atoms with Crippen molar-refractivity contribution in [2.75, 3.05) is 39.5 Å². The van der Waals surface area contributed by atoms with Crippen LogP contribution in [0.5, 0.6) is 0 Å². The summed E-state index contributed by atoms with van der Waals surface area (Å²) in [5.41, 5.74) is 0. The quantitative estimate of drug-likeness (QED) is 0.423. The van der Waals surface area contributed by atoms with Crippen molar-refractivity contribution in [1.82, 2.24) is 4.90 Å². The SMILES string of the molecule is CC(=O)C(C)(Br)C(=O)OCCN1CCOCC1. The highest BCUT2D eigenvalue weighted by Crippen LogP contribution is 2.20. The van der Waals surface area contributed by atoms with Crippen LogP contribution < -0.4 is 0 Å². The van der Waals surface area contributed by atoms with E-state index in [4.69, 9.17) is 9.47 Å². The predicted molar refractivity (Wildman–Crippen MR) is 66.2 cm³/mol. The second-order valence-corrected chi connectivity index (χ2v) is 5.74. The molecule has 6 heteroatoms. The fourth-order valence-electron chi connectivity index (χ4n) is 1.37. The van der Waals surface area contributed by atoms with Crippen molar-refractivity contribution in [2.24, 2.45) is 0 Å². The largest absolute Gasteiger partial charge is 0.463 e. The first-order valence-electron chi connectivity index (χ1n) is 5.62. The van der Waals surface area contributed by atoms with Crippen molar-refractivity contribution in [2.45, 2.75) is 18.2 Å². The summed E-state index contributed by atoms with van der Waals surface area (Å²) in [6.07, 6.45) is 0. The molecule has 0 N–H and O–H groups in total. The second-order valence-electron chi connectivity index (χ2n) is 4.15. The van der Waals surface area contributed by atoms with Gasteiger partial charge in [-0.25, -0.2) is 0 Å². The van der Waals surface area contributed by atoms with Gasteiger partial charge in [0.25, 0.3) is 0 Å². The third-order valence-corrected chi connectivity index (χ3v) is 3.67. The molecule has 5 nitrogen and oxygen atoms in total. The zero-order valence-electron chi connectivity index (χ0n) is 10.2. The van der Waals surface area contributed by atoms with Crippen molar-refractivity contribution >= 4 is 27.7 Å². The van der Waals surface area contributed by atoms with Gasteiger partial charge in [0.2, 0.25) is 0 Å². The third-order valence-electron chi connectivity index (χ3n) is 2.79. The molecule has 0 aromatic carbocycles. The lowest BCUT2D eigenvalue weighted by Gasteiger charge is -2.26. The molecule has 1 heterocycles. The molecular weight excluding hydrogens is 290 g/mol. The highest BCUT2D eigenvalue weighted by Gasteiger charge is 2.36. The van der Waals surface area contributed by atoms with Crippen LogP contribution in [0.2, 0.25) is 0 Å². The average molecular weight is 308 g/mol. The van der Waals surface area contributed by atoms with Crippen LogP contribution in [0.25, 0.3) is 0 Å². The number of ether oxygens (including phenoxy) is 2. The lowest BCUT2D eigenvalue weighted by Crippen LogP contribution is -2.41. The Hall–Kier alpha value is -0.460. The van der Waals surface area contributed by atoms with Gasteiger partial charge in [-0.2, -0.15) is 0 Å². The fraction of sp³-hybridized carbons (Fsp3) is 0.818. The molecule has 0 spiro atoms. The van der Waals surface area contributed by atoms with Crippen LogP contribution in [0.1, 0.15) is 13.8 Å². The van der Waals surface area contributed by atoms with Gasteiger partial charge < -0.3 is 9.47 Å². The predicted octanol–water partition coefficient (Wildman–Crippen LogP) is 0.604. The fourth-order valence-corrected chi connectivity index (χ4v) is 1.49. The Bertz CT molecular complexity index is 287. The van der Waals surface area contributed by atoms with E-state index < -0.39 is 10.3 Å². The molecule has 0 amide bonds. The molecule has 1 fully saturated rings. The summed E-state index contributed by atoms with van der Waals surface area (Å²) in [7, 11) is 0. The van der Waals surface area contributed by atoms with Gasteiger partial charge in [0.1, 0.15) is 6.61 Å². The number of carbonyl (C=O) groups is 2. The number of ketones is 1. The topological polar surface area (TPSA) is 55.8 Å². The van der Waals surface area contributed by atoms with Crippen molar-refractivity contribution in [1.29, 1.82) is 0 Å². The van der Waals surface area contributed by atoms with E-state index in [1.54, 1.807) is 0 Å². The number of halogens is 1. The zero-order valence-corrected chi connectivity index (χ0v) is 11.8. The first-order chi connectivity index (χ1) is 7.94. The Morgan fingerprint density at radius 2 is 2.00 bits per heavy atom. The normalized spacial score (nSPS) is 20.6. The molecule has 0 saturated carbocycles. The molecule has 1 atom stereocenters. The molecular formula is C11H18BrNO4. The molecule has 0 aromatic rings. The molecule has 17 heavy (non-hydrogen) atoms. The molecule has 98 valence electrons. The standard InChI is InChI=1S/C11H18BrNO4/c1-9(14)11(2,12)10(15)17-8-5-13-3-6-16-7-4-13/h3-8H2,1-2H3. The highest BCUT2D eigenvalue weighted by atomic mass is 79.9. The van der Waals surface area contributed by atoms with Gasteiger partial charge in [-0.15, -0.1) is 0 Å². The number of esters is 1. The Morgan fingerprint density at radius 1 is 1.41 bits per heavy atom. The van der Waals surface area contributed by atoms with Crippen molar-refractivity contribution in [3.05, 3.63) is 0 Å². The van der Waals surface area contributed by atoms with E-state index in [1.807, 2.05) is 0 Å². The minimum absolute atomic E-state index is 0.256. The summed E-state index contributed by atoms with van der Waals surface area (Å²) >= 11 is 3.08. The molecule has 1 aliphatic rings. The molecule has 1 aliphatic heterocycles. The Balaban J connectivity index is 2.26. The number of hydrogen-bond acceptors (Lipinski definition) is 5. The van der Waals surface area contributed by atoms with Gasteiger partial charge in [0.15, 0.2) is 10.1 Å².